The van der Waals surface area contributed by atoms with Gasteiger partial charge in [0.05, 0.1) is 12.0 Å². The fourth-order valence-electron chi connectivity index (χ4n) is 1.36. The van der Waals surface area contributed by atoms with Crippen LogP contribution in [0.2, 0.25) is 0 Å². The van der Waals surface area contributed by atoms with Crippen molar-refractivity contribution in [3.8, 4) is 0 Å². The van der Waals surface area contributed by atoms with E-state index in [0.29, 0.717) is 19.4 Å². The summed E-state index contributed by atoms with van der Waals surface area (Å²) in [4.78, 5) is 0. The largest absolute Gasteiger partial charge is 0.214 e. The van der Waals surface area contributed by atoms with Crippen LogP contribution in [-0.2, 0) is 20.0 Å². The van der Waals surface area contributed by atoms with E-state index in [2.05, 4.69) is 4.72 Å². The maximum atomic E-state index is 11.4. The molecule has 0 atom stereocenters. The molecular weight excluding hydrogens is 264 g/mol. The summed E-state index contributed by atoms with van der Waals surface area (Å²) in [6, 6.07) is 0. The third kappa shape index (κ3) is 7.69. The van der Waals surface area contributed by atoms with Crippen molar-refractivity contribution in [2.75, 3.05) is 31.6 Å². The first kappa shape index (κ1) is 16.8. The third-order valence-electron chi connectivity index (χ3n) is 2.10. The van der Waals surface area contributed by atoms with Gasteiger partial charge in [0.15, 0.2) is 0 Å². The zero-order chi connectivity index (χ0) is 13.5. The highest BCUT2D eigenvalue weighted by atomic mass is 32.2. The van der Waals surface area contributed by atoms with E-state index in [1.165, 1.54) is 4.31 Å². The molecule has 0 aliphatic rings. The van der Waals surface area contributed by atoms with Gasteiger partial charge in [-0.1, -0.05) is 13.8 Å². The number of nitrogens with zero attached hydrogens (tertiary/aromatic N) is 1. The maximum absolute atomic E-state index is 11.4. The second kappa shape index (κ2) is 7.30. The molecule has 8 heteroatoms. The lowest BCUT2D eigenvalue weighted by Gasteiger charge is -2.19. The summed E-state index contributed by atoms with van der Waals surface area (Å²) in [5, 5.41) is 0. The highest BCUT2D eigenvalue weighted by molar-refractivity contribution is 7.89. The minimum absolute atomic E-state index is 0.0691. The van der Waals surface area contributed by atoms with Gasteiger partial charge in [-0.05, 0) is 12.8 Å². The molecule has 0 aliphatic carbocycles. The molecule has 0 heterocycles. The summed E-state index contributed by atoms with van der Waals surface area (Å²) in [5.41, 5.74) is 0. The van der Waals surface area contributed by atoms with Gasteiger partial charge >= 0.3 is 0 Å². The lowest BCUT2D eigenvalue weighted by molar-refractivity contribution is 0.416. The predicted octanol–water partition coefficient (Wildman–Crippen LogP) is -0.0126. The Bertz CT molecular complexity index is 403. The zero-order valence-electron chi connectivity index (χ0n) is 10.6. The lowest BCUT2D eigenvalue weighted by Crippen LogP contribution is -2.39. The van der Waals surface area contributed by atoms with Gasteiger partial charge in [-0.25, -0.2) is 25.9 Å². The first-order valence-electron chi connectivity index (χ1n) is 5.65. The number of hydrogen-bond acceptors (Lipinski definition) is 4. The standard InChI is InChI=1S/C9H22N2O4S2/c1-4-7-11(16(3,12)13)8-6-10-17(14,15)9-5-2/h10H,4-9H2,1-3H3. The quantitative estimate of drug-likeness (QED) is 0.646. The third-order valence-corrected chi connectivity index (χ3v) is 4.99. The van der Waals surface area contributed by atoms with E-state index in [-0.39, 0.29) is 18.8 Å². The fourth-order valence-corrected chi connectivity index (χ4v) is 3.38. The van der Waals surface area contributed by atoms with Crippen LogP contribution in [0, 0.1) is 0 Å². The highest BCUT2D eigenvalue weighted by Gasteiger charge is 2.16. The number of nitrogens with one attached hydrogen (secondary N) is 1. The molecule has 0 rings (SSSR count). The van der Waals surface area contributed by atoms with E-state index < -0.39 is 20.0 Å². The molecule has 0 unspecified atom stereocenters. The van der Waals surface area contributed by atoms with E-state index in [0.717, 1.165) is 6.26 Å². The van der Waals surface area contributed by atoms with E-state index in [1.54, 1.807) is 6.92 Å². The van der Waals surface area contributed by atoms with Gasteiger partial charge in [0.1, 0.15) is 0 Å². The smallest absolute Gasteiger partial charge is 0.211 e. The Hall–Kier alpha value is -0.180. The zero-order valence-corrected chi connectivity index (χ0v) is 12.3. The fraction of sp³-hybridized carbons (Fsp3) is 1.00. The molecule has 0 saturated heterocycles. The van der Waals surface area contributed by atoms with Crippen LogP contribution in [0.4, 0.5) is 0 Å². The van der Waals surface area contributed by atoms with Crippen LogP contribution in [0.5, 0.6) is 0 Å². The molecule has 0 radical (unpaired) electrons. The minimum atomic E-state index is -3.26. The van der Waals surface area contributed by atoms with Crippen molar-refractivity contribution >= 4 is 20.0 Å². The summed E-state index contributed by atoms with van der Waals surface area (Å²) in [5.74, 6) is 0.0691. The summed E-state index contributed by atoms with van der Waals surface area (Å²) in [7, 11) is -6.52. The van der Waals surface area contributed by atoms with Crippen LogP contribution >= 0.6 is 0 Å². The molecule has 0 aromatic carbocycles. The number of rotatable bonds is 9. The maximum Gasteiger partial charge on any atom is 0.211 e. The average molecular weight is 286 g/mol. The Morgan fingerprint density at radius 3 is 2.00 bits per heavy atom. The molecule has 0 amide bonds. The molecular formula is C9H22N2O4S2. The van der Waals surface area contributed by atoms with Crippen LogP contribution in [0.15, 0.2) is 0 Å². The van der Waals surface area contributed by atoms with Gasteiger partial charge < -0.3 is 0 Å². The summed E-state index contributed by atoms with van der Waals surface area (Å²) in [6.07, 6.45) is 2.37. The van der Waals surface area contributed by atoms with E-state index in [4.69, 9.17) is 0 Å². The van der Waals surface area contributed by atoms with Gasteiger partial charge in [0, 0.05) is 19.6 Å². The average Bonchev–Trinajstić information content (AvgIpc) is 2.14. The van der Waals surface area contributed by atoms with Crippen molar-refractivity contribution in [2.24, 2.45) is 0 Å². The van der Waals surface area contributed by atoms with Gasteiger partial charge in [-0.3, -0.25) is 0 Å². The molecule has 17 heavy (non-hydrogen) atoms. The number of hydrogen-bond donors (Lipinski definition) is 1. The molecule has 0 spiro atoms. The molecule has 0 aromatic rings. The summed E-state index contributed by atoms with van der Waals surface area (Å²) >= 11 is 0. The molecule has 0 bridgehead atoms. The molecule has 0 saturated carbocycles. The second-order valence-electron chi connectivity index (χ2n) is 3.88. The van der Waals surface area contributed by atoms with Gasteiger partial charge in [-0.15, -0.1) is 0 Å². The molecule has 104 valence electrons. The van der Waals surface area contributed by atoms with Crippen molar-refractivity contribution in [2.45, 2.75) is 26.7 Å². The second-order valence-corrected chi connectivity index (χ2v) is 7.78. The van der Waals surface area contributed by atoms with Gasteiger partial charge in [0.25, 0.3) is 0 Å². The van der Waals surface area contributed by atoms with E-state index in [9.17, 15) is 16.8 Å². The van der Waals surface area contributed by atoms with Crippen LogP contribution in [-0.4, -0.2) is 52.8 Å². The predicted molar refractivity (Wildman–Crippen MR) is 68.8 cm³/mol. The Morgan fingerprint density at radius 2 is 1.59 bits per heavy atom. The van der Waals surface area contributed by atoms with E-state index >= 15 is 0 Å². The summed E-state index contributed by atoms with van der Waals surface area (Å²) < 4.78 is 49.0. The first-order chi connectivity index (χ1) is 7.73. The minimum Gasteiger partial charge on any atom is -0.214 e. The molecule has 0 fully saturated rings. The molecule has 0 aliphatic heterocycles. The Balaban J connectivity index is 4.25. The van der Waals surface area contributed by atoms with Crippen molar-refractivity contribution < 1.29 is 16.8 Å². The molecule has 6 nitrogen and oxygen atoms in total. The Morgan fingerprint density at radius 1 is 1.00 bits per heavy atom. The van der Waals surface area contributed by atoms with Gasteiger partial charge in [0.2, 0.25) is 20.0 Å². The Kier molecular flexibility index (Phi) is 7.22. The van der Waals surface area contributed by atoms with Crippen LogP contribution in [0.3, 0.4) is 0 Å². The topological polar surface area (TPSA) is 83.6 Å². The molecule has 0 aromatic heterocycles. The summed E-state index contributed by atoms with van der Waals surface area (Å²) in [6.45, 7) is 4.36. The first-order valence-corrected chi connectivity index (χ1v) is 9.15. The van der Waals surface area contributed by atoms with Crippen molar-refractivity contribution in [1.29, 1.82) is 0 Å². The van der Waals surface area contributed by atoms with Crippen LogP contribution < -0.4 is 4.72 Å². The van der Waals surface area contributed by atoms with E-state index in [1.807, 2.05) is 6.92 Å². The van der Waals surface area contributed by atoms with Crippen molar-refractivity contribution in [3.05, 3.63) is 0 Å². The van der Waals surface area contributed by atoms with Crippen LogP contribution in [0.1, 0.15) is 26.7 Å². The number of sulfonamides is 2. The van der Waals surface area contributed by atoms with Gasteiger partial charge in [-0.2, -0.15) is 0 Å². The monoisotopic (exact) mass is 286 g/mol. The normalized spacial score (nSPS) is 13.2. The molecule has 1 N–H and O–H groups in total. The SMILES string of the molecule is CCCN(CCNS(=O)(=O)CCC)S(C)(=O)=O. The highest BCUT2D eigenvalue weighted by Crippen LogP contribution is 1.98. The Labute approximate surface area is 104 Å². The van der Waals surface area contributed by atoms with Crippen LogP contribution in [0.25, 0.3) is 0 Å². The van der Waals surface area contributed by atoms with Crippen molar-refractivity contribution in [1.82, 2.24) is 9.03 Å². The lowest BCUT2D eigenvalue weighted by atomic mass is 10.5. The van der Waals surface area contributed by atoms with Crippen molar-refractivity contribution in [3.63, 3.8) is 0 Å².